The predicted octanol–water partition coefficient (Wildman–Crippen LogP) is -0.485. The Kier molecular flexibility index (Phi) is 8.26. The van der Waals surface area contributed by atoms with Crippen LogP contribution in [0.15, 0.2) is 0 Å². The van der Waals surface area contributed by atoms with Gasteiger partial charge in [0.2, 0.25) is 5.91 Å². The summed E-state index contributed by atoms with van der Waals surface area (Å²) in [6.07, 6.45) is 2.22. The molecule has 0 radical (unpaired) electrons. The van der Waals surface area contributed by atoms with Crippen LogP contribution >= 0.6 is 0 Å². The lowest BCUT2D eigenvalue weighted by Gasteiger charge is -2.24. The van der Waals surface area contributed by atoms with Crippen LogP contribution in [0.5, 0.6) is 0 Å². The molecule has 1 aliphatic rings. The van der Waals surface area contributed by atoms with Crippen LogP contribution in [-0.2, 0) is 4.79 Å². The molecule has 0 aromatic heterocycles. The van der Waals surface area contributed by atoms with Crippen LogP contribution in [0, 0.1) is 5.92 Å². The number of amides is 3. The molecule has 3 amide bonds. The van der Waals surface area contributed by atoms with E-state index in [2.05, 4.69) is 16.0 Å². The number of aliphatic hydroxyl groups is 1. The molecule has 21 heavy (non-hydrogen) atoms. The average molecular weight is 300 g/mol. The van der Waals surface area contributed by atoms with Gasteiger partial charge in [-0.05, 0) is 25.3 Å². The number of imide groups is 1. The fourth-order valence-corrected chi connectivity index (χ4v) is 2.31. The molecule has 0 aromatic rings. The van der Waals surface area contributed by atoms with E-state index in [0.717, 1.165) is 19.4 Å². The first-order valence-electron chi connectivity index (χ1n) is 7.65. The summed E-state index contributed by atoms with van der Waals surface area (Å²) in [6, 6.07) is -0.101. The van der Waals surface area contributed by atoms with Gasteiger partial charge < -0.3 is 15.7 Å². The van der Waals surface area contributed by atoms with Crippen molar-refractivity contribution >= 4 is 11.9 Å². The highest BCUT2D eigenvalue weighted by atomic mass is 16.3. The van der Waals surface area contributed by atoms with Gasteiger partial charge in [0, 0.05) is 25.7 Å². The Balaban J connectivity index is 2.31. The van der Waals surface area contributed by atoms with E-state index in [1.165, 1.54) is 0 Å². The van der Waals surface area contributed by atoms with Crippen molar-refractivity contribution in [1.82, 2.24) is 20.9 Å². The third-order valence-electron chi connectivity index (χ3n) is 3.35. The minimum Gasteiger partial charge on any atom is -0.395 e. The largest absolute Gasteiger partial charge is 0.395 e. The zero-order valence-electron chi connectivity index (χ0n) is 13.0. The molecule has 7 nitrogen and oxygen atoms in total. The van der Waals surface area contributed by atoms with E-state index in [9.17, 15) is 9.59 Å². The zero-order valence-corrected chi connectivity index (χ0v) is 13.0. The molecule has 122 valence electrons. The molecule has 7 heteroatoms. The van der Waals surface area contributed by atoms with E-state index in [-0.39, 0.29) is 19.1 Å². The lowest BCUT2D eigenvalue weighted by Crippen LogP contribution is -2.48. The topological polar surface area (TPSA) is 93.7 Å². The number of nitrogens with one attached hydrogen (secondary N) is 3. The summed E-state index contributed by atoms with van der Waals surface area (Å²) in [5, 5.41) is 17.4. The fourth-order valence-electron chi connectivity index (χ4n) is 2.31. The minimum atomic E-state index is -0.461. The van der Waals surface area contributed by atoms with E-state index >= 15 is 0 Å². The van der Waals surface area contributed by atoms with Gasteiger partial charge in [-0.3, -0.25) is 15.0 Å². The van der Waals surface area contributed by atoms with Gasteiger partial charge in [0.1, 0.15) is 0 Å². The van der Waals surface area contributed by atoms with Crippen LogP contribution in [0.1, 0.15) is 26.7 Å². The number of carbonyl (C=O) groups is 2. The Labute approximate surface area is 126 Å². The number of urea groups is 1. The maximum atomic E-state index is 11.8. The molecule has 1 atom stereocenters. The second kappa shape index (κ2) is 9.70. The van der Waals surface area contributed by atoms with Crippen molar-refractivity contribution < 1.29 is 14.7 Å². The molecule has 1 unspecified atom stereocenters. The third kappa shape index (κ3) is 7.99. The summed E-state index contributed by atoms with van der Waals surface area (Å²) in [5.74, 6) is -0.00659. The molecule has 0 bridgehead atoms. The minimum absolute atomic E-state index is 0.000451. The molecule has 1 heterocycles. The van der Waals surface area contributed by atoms with Crippen LogP contribution in [-0.4, -0.2) is 67.3 Å². The van der Waals surface area contributed by atoms with Crippen molar-refractivity contribution in [2.75, 3.05) is 39.3 Å². The smallest absolute Gasteiger partial charge is 0.321 e. The standard InChI is InChI=1S/C14H28N4O3/c1-11(2)8-16-14(21)17-13(20)10-18(6-7-19)9-12-4-3-5-15-12/h11-12,15,19H,3-10H2,1-2H3,(H2,16,17,20,21). The number of hydrogen-bond donors (Lipinski definition) is 4. The van der Waals surface area contributed by atoms with E-state index in [0.29, 0.717) is 31.6 Å². The van der Waals surface area contributed by atoms with Gasteiger partial charge in [-0.1, -0.05) is 13.8 Å². The van der Waals surface area contributed by atoms with Gasteiger partial charge in [-0.15, -0.1) is 0 Å². The molecule has 4 N–H and O–H groups in total. The molecule has 1 fully saturated rings. The Morgan fingerprint density at radius 3 is 2.76 bits per heavy atom. The number of carbonyl (C=O) groups excluding carboxylic acids is 2. The van der Waals surface area contributed by atoms with Crippen LogP contribution in [0.25, 0.3) is 0 Å². The van der Waals surface area contributed by atoms with Gasteiger partial charge in [-0.2, -0.15) is 0 Å². The third-order valence-corrected chi connectivity index (χ3v) is 3.35. The maximum Gasteiger partial charge on any atom is 0.321 e. The number of aliphatic hydroxyl groups excluding tert-OH is 1. The van der Waals surface area contributed by atoms with Crippen molar-refractivity contribution in [2.45, 2.75) is 32.7 Å². The lowest BCUT2D eigenvalue weighted by molar-refractivity contribution is -0.121. The van der Waals surface area contributed by atoms with E-state index in [1.807, 2.05) is 18.7 Å². The van der Waals surface area contributed by atoms with Gasteiger partial charge in [0.05, 0.1) is 13.2 Å². The van der Waals surface area contributed by atoms with E-state index < -0.39 is 6.03 Å². The average Bonchev–Trinajstić information content (AvgIpc) is 2.89. The van der Waals surface area contributed by atoms with Crippen molar-refractivity contribution in [1.29, 1.82) is 0 Å². The zero-order chi connectivity index (χ0) is 15.7. The van der Waals surface area contributed by atoms with Crippen LogP contribution < -0.4 is 16.0 Å². The highest BCUT2D eigenvalue weighted by Crippen LogP contribution is 2.06. The summed E-state index contributed by atoms with van der Waals surface area (Å²) in [6.45, 7) is 6.76. The van der Waals surface area contributed by atoms with Crippen molar-refractivity contribution in [3.8, 4) is 0 Å². The molecule has 1 aliphatic heterocycles. The van der Waals surface area contributed by atoms with Gasteiger partial charge in [0.25, 0.3) is 0 Å². The second-order valence-electron chi connectivity index (χ2n) is 5.90. The summed E-state index contributed by atoms with van der Waals surface area (Å²) in [5.41, 5.74) is 0. The van der Waals surface area contributed by atoms with E-state index in [4.69, 9.17) is 5.11 Å². The fraction of sp³-hybridized carbons (Fsp3) is 0.857. The van der Waals surface area contributed by atoms with Crippen LogP contribution in [0.3, 0.4) is 0 Å². The number of hydrogen-bond acceptors (Lipinski definition) is 5. The molecule has 0 saturated carbocycles. The lowest BCUT2D eigenvalue weighted by atomic mass is 10.2. The summed E-state index contributed by atoms with van der Waals surface area (Å²) in [4.78, 5) is 25.2. The molecule has 0 aromatic carbocycles. The first-order valence-corrected chi connectivity index (χ1v) is 7.65. The predicted molar refractivity (Wildman–Crippen MR) is 80.9 cm³/mol. The first-order chi connectivity index (χ1) is 10.0. The second-order valence-corrected chi connectivity index (χ2v) is 5.90. The van der Waals surface area contributed by atoms with Crippen molar-refractivity contribution in [2.24, 2.45) is 5.92 Å². The maximum absolute atomic E-state index is 11.8. The molecular weight excluding hydrogens is 272 g/mol. The highest BCUT2D eigenvalue weighted by molar-refractivity contribution is 5.95. The highest BCUT2D eigenvalue weighted by Gasteiger charge is 2.20. The molecule has 1 rings (SSSR count). The Hall–Kier alpha value is -1.18. The molecule has 1 saturated heterocycles. The Bertz CT molecular complexity index is 330. The molecule has 0 spiro atoms. The van der Waals surface area contributed by atoms with Crippen LogP contribution in [0.2, 0.25) is 0 Å². The van der Waals surface area contributed by atoms with Gasteiger partial charge in [-0.25, -0.2) is 4.79 Å². The number of rotatable bonds is 8. The summed E-state index contributed by atoms with van der Waals surface area (Å²) >= 11 is 0. The molecular formula is C14H28N4O3. The summed E-state index contributed by atoms with van der Waals surface area (Å²) < 4.78 is 0. The van der Waals surface area contributed by atoms with Crippen LogP contribution in [0.4, 0.5) is 4.79 Å². The Morgan fingerprint density at radius 1 is 1.43 bits per heavy atom. The van der Waals surface area contributed by atoms with Crippen molar-refractivity contribution in [3.05, 3.63) is 0 Å². The number of nitrogens with zero attached hydrogens (tertiary/aromatic N) is 1. The normalized spacial score (nSPS) is 18.2. The van der Waals surface area contributed by atoms with Crippen molar-refractivity contribution in [3.63, 3.8) is 0 Å². The first kappa shape index (κ1) is 17.9. The SMILES string of the molecule is CC(C)CNC(=O)NC(=O)CN(CCO)CC1CCCN1. The van der Waals surface area contributed by atoms with Gasteiger partial charge >= 0.3 is 6.03 Å². The summed E-state index contributed by atoms with van der Waals surface area (Å²) in [7, 11) is 0. The van der Waals surface area contributed by atoms with E-state index in [1.54, 1.807) is 0 Å². The Morgan fingerprint density at radius 2 is 2.19 bits per heavy atom. The quantitative estimate of drug-likeness (QED) is 0.485. The van der Waals surface area contributed by atoms with Gasteiger partial charge in [0.15, 0.2) is 0 Å². The molecule has 0 aliphatic carbocycles. The monoisotopic (exact) mass is 300 g/mol.